The minimum atomic E-state index is -0.937. The first-order valence-electron chi connectivity index (χ1n) is 21.2. The van der Waals surface area contributed by atoms with Gasteiger partial charge in [0.1, 0.15) is 34.1 Å². The van der Waals surface area contributed by atoms with Gasteiger partial charge in [0.15, 0.2) is 18.5 Å². The molecule has 2 atom stereocenters. The van der Waals surface area contributed by atoms with Gasteiger partial charge in [0.2, 0.25) is 12.5 Å². The summed E-state index contributed by atoms with van der Waals surface area (Å²) in [6, 6.07) is 27.7. The van der Waals surface area contributed by atoms with Gasteiger partial charge in [-0.25, -0.2) is 14.4 Å². The summed E-state index contributed by atoms with van der Waals surface area (Å²) < 4.78 is 23.8. The Morgan fingerprint density at radius 2 is 1.48 bits per heavy atom. The van der Waals surface area contributed by atoms with Gasteiger partial charge in [0.05, 0.1) is 6.54 Å². The van der Waals surface area contributed by atoms with Crippen molar-refractivity contribution in [3.63, 3.8) is 0 Å². The maximum atomic E-state index is 14.5. The van der Waals surface area contributed by atoms with E-state index in [-0.39, 0.29) is 59.1 Å². The van der Waals surface area contributed by atoms with Crippen LogP contribution in [0.5, 0.6) is 5.75 Å². The summed E-state index contributed by atoms with van der Waals surface area (Å²) in [6.07, 6.45) is 3.26. The van der Waals surface area contributed by atoms with Gasteiger partial charge in [-0.3, -0.25) is 19.3 Å². The van der Waals surface area contributed by atoms with Crippen molar-refractivity contribution in [3.8, 4) is 5.75 Å². The SMILES string of the molecule is CC(C)(C)OC(=O)N[C@@H]1C(=O)N2C(C(=O)OC(c3ccccc3)c3ccccc3)=C(/C=C3\CCN(Cc4ccc[n+](CC(=O)Nc5ccc(OC(=O)OC(C)(C)C)cc5)c4)C3=O)CS[C@H]12.[Br-]. The number of β-lactam (4-membered cyclic amide) rings is 1. The molecular formula is C49H52BrN5O10S. The van der Waals surface area contributed by atoms with Crippen molar-refractivity contribution in [1.29, 1.82) is 0 Å². The van der Waals surface area contributed by atoms with Gasteiger partial charge < -0.3 is 51.5 Å². The number of carbonyl (C=O) groups is 6. The number of alkyl carbamates (subject to hydrolysis) is 1. The molecule has 2 N–H and O–H groups in total. The summed E-state index contributed by atoms with van der Waals surface area (Å²) in [5, 5.41) is 4.89. The number of aromatic nitrogens is 1. The maximum Gasteiger partial charge on any atom is 0.514 e. The summed E-state index contributed by atoms with van der Waals surface area (Å²) >= 11 is 1.37. The maximum absolute atomic E-state index is 14.5. The third-order valence-electron chi connectivity index (χ3n) is 10.2. The Bertz CT molecular complexity index is 2480. The normalized spacial score (nSPS) is 17.7. The molecule has 4 aromatic rings. The number of allylic oxidation sites excluding steroid dienone is 1. The van der Waals surface area contributed by atoms with Crippen molar-refractivity contribution in [2.24, 2.45) is 0 Å². The zero-order valence-electron chi connectivity index (χ0n) is 37.4. The van der Waals surface area contributed by atoms with Crippen molar-refractivity contribution >= 4 is 53.4 Å². The second-order valence-electron chi connectivity index (χ2n) is 17.7. The zero-order valence-corrected chi connectivity index (χ0v) is 39.9. The van der Waals surface area contributed by atoms with Crippen LogP contribution in [-0.2, 0) is 46.5 Å². The van der Waals surface area contributed by atoms with Crippen LogP contribution in [0.4, 0.5) is 15.3 Å². The monoisotopic (exact) mass is 981 g/mol. The van der Waals surface area contributed by atoms with E-state index in [0.29, 0.717) is 29.8 Å². The van der Waals surface area contributed by atoms with Gasteiger partial charge in [-0.1, -0.05) is 60.7 Å². The second kappa shape index (κ2) is 20.8. The molecular weight excluding hydrogens is 931 g/mol. The number of carbonyl (C=O) groups excluding carboxylic acids is 6. The molecule has 4 heterocycles. The van der Waals surface area contributed by atoms with Crippen LogP contribution in [0.1, 0.15) is 70.8 Å². The number of esters is 1. The van der Waals surface area contributed by atoms with Gasteiger partial charge in [-0.2, -0.15) is 4.57 Å². The van der Waals surface area contributed by atoms with Crippen LogP contribution in [0.3, 0.4) is 0 Å². The van der Waals surface area contributed by atoms with Crippen LogP contribution in [0.15, 0.2) is 132 Å². The number of hydrogen-bond acceptors (Lipinski definition) is 11. The summed E-state index contributed by atoms with van der Waals surface area (Å²) in [5.74, 6) is -1.24. The lowest BCUT2D eigenvalue weighted by atomic mass is 10.00. The Morgan fingerprint density at radius 3 is 2.11 bits per heavy atom. The van der Waals surface area contributed by atoms with Crippen LogP contribution < -0.4 is 36.9 Å². The lowest BCUT2D eigenvalue weighted by molar-refractivity contribution is -0.684. The molecule has 0 bridgehead atoms. The van der Waals surface area contributed by atoms with E-state index in [2.05, 4.69) is 10.6 Å². The smallest absolute Gasteiger partial charge is 0.514 e. The van der Waals surface area contributed by atoms with Crippen molar-refractivity contribution in [2.75, 3.05) is 17.6 Å². The lowest BCUT2D eigenvalue weighted by Gasteiger charge is -2.49. The first-order valence-corrected chi connectivity index (χ1v) is 22.2. The summed E-state index contributed by atoms with van der Waals surface area (Å²) in [5.41, 5.74) is 2.22. The quantitative estimate of drug-likeness (QED) is 0.0525. The number of hydrogen-bond donors (Lipinski definition) is 2. The van der Waals surface area contributed by atoms with Crippen molar-refractivity contribution in [3.05, 3.63) is 149 Å². The molecule has 4 amide bonds. The number of benzene rings is 3. The highest BCUT2D eigenvalue weighted by atomic mass is 79.9. The first kappa shape index (κ1) is 49.0. The van der Waals surface area contributed by atoms with Gasteiger partial charge in [-0.05, 0) is 101 Å². The number of halogens is 1. The van der Waals surface area contributed by atoms with Crippen LogP contribution in [-0.4, -0.2) is 80.7 Å². The highest BCUT2D eigenvalue weighted by Crippen LogP contribution is 2.43. The van der Waals surface area contributed by atoms with E-state index in [4.69, 9.17) is 18.9 Å². The molecule has 3 aliphatic heterocycles. The fourth-order valence-electron chi connectivity index (χ4n) is 7.41. The molecule has 0 spiro atoms. The number of nitrogens with zero attached hydrogens (tertiary/aromatic N) is 3. The number of anilines is 1. The van der Waals surface area contributed by atoms with E-state index in [1.807, 2.05) is 66.7 Å². The highest BCUT2D eigenvalue weighted by Gasteiger charge is 2.55. The molecule has 3 aliphatic rings. The number of nitrogens with one attached hydrogen (secondary N) is 2. The molecule has 0 aliphatic carbocycles. The number of fused-ring (bicyclic) bond motifs is 1. The molecule has 7 rings (SSSR count). The van der Waals surface area contributed by atoms with E-state index >= 15 is 0 Å². The molecule has 17 heteroatoms. The second-order valence-corrected chi connectivity index (χ2v) is 18.8. The lowest BCUT2D eigenvalue weighted by Crippen LogP contribution is -3.00. The average Bonchev–Trinajstić information content (AvgIpc) is 3.58. The minimum absolute atomic E-state index is 0. The molecule has 0 saturated carbocycles. The van der Waals surface area contributed by atoms with Crippen LogP contribution >= 0.6 is 11.8 Å². The number of amides is 4. The number of pyridine rings is 1. The van der Waals surface area contributed by atoms with E-state index in [1.165, 1.54) is 16.7 Å². The predicted octanol–water partition coefficient (Wildman–Crippen LogP) is 3.98. The largest absolute Gasteiger partial charge is 1.00 e. The highest BCUT2D eigenvalue weighted by molar-refractivity contribution is 8.00. The fourth-order valence-corrected chi connectivity index (χ4v) is 8.72. The molecule has 3 aromatic carbocycles. The van der Waals surface area contributed by atoms with Crippen LogP contribution in [0.25, 0.3) is 0 Å². The molecule has 0 radical (unpaired) electrons. The van der Waals surface area contributed by atoms with Crippen LogP contribution in [0, 0.1) is 0 Å². The standard InChI is InChI=1S/C49H51N5O10S.BrH/c1-48(2,3)63-46(59)51-39-43(57)54-40(45(58)62-41(32-15-9-7-10-16-32)33-17-11-8-12-18-33)35(30-65-44(39)54)26-34-23-25-53(42(34)56)28-31-14-13-24-52(27-31)29-38(55)50-36-19-21-37(22-20-36)61-47(60)64-49(4,5)6;/h7-22,24,26-27,39,41,44H,23,25,28-30H2,1-6H3,(H-,50,51,55,59);1H/b34-26+;/t39-,44-;/m1./s1. The molecule has 346 valence electrons. The summed E-state index contributed by atoms with van der Waals surface area (Å²) in [4.78, 5) is 83.2. The number of rotatable bonds is 12. The number of likely N-dealkylation sites (tertiary alicyclic amines) is 1. The van der Waals surface area contributed by atoms with Crippen LogP contribution in [0.2, 0.25) is 0 Å². The molecule has 2 saturated heterocycles. The molecule has 0 unspecified atom stereocenters. The number of thioether (sulfide) groups is 1. The Labute approximate surface area is 398 Å². The third-order valence-corrected chi connectivity index (χ3v) is 11.5. The van der Waals surface area contributed by atoms with Gasteiger partial charge in [0.25, 0.3) is 11.8 Å². The summed E-state index contributed by atoms with van der Waals surface area (Å²) in [6.45, 7) is 11.1. The Morgan fingerprint density at radius 1 is 0.848 bits per heavy atom. The fraction of sp³-hybridized carbons (Fsp3) is 0.327. The van der Waals surface area contributed by atoms with E-state index in [0.717, 1.165) is 16.7 Å². The summed E-state index contributed by atoms with van der Waals surface area (Å²) in [7, 11) is 0. The predicted molar refractivity (Wildman–Crippen MR) is 241 cm³/mol. The van der Waals surface area contributed by atoms with E-state index in [9.17, 15) is 28.8 Å². The van der Waals surface area contributed by atoms with Crippen molar-refractivity contribution < 1.29 is 69.3 Å². The van der Waals surface area contributed by atoms with Crippen molar-refractivity contribution in [1.82, 2.24) is 15.1 Å². The van der Waals surface area contributed by atoms with Gasteiger partial charge in [-0.15, -0.1) is 11.8 Å². The van der Waals surface area contributed by atoms with E-state index in [1.54, 1.807) is 99.8 Å². The van der Waals surface area contributed by atoms with Gasteiger partial charge >= 0.3 is 18.2 Å². The molecule has 2 fully saturated rings. The average molecular weight is 983 g/mol. The van der Waals surface area contributed by atoms with Gasteiger partial charge in [0, 0.05) is 35.2 Å². The molecule has 1 aromatic heterocycles. The minimum Gasteiger partial charge on any atom is -1.00 e. The van der Waals surface area contributed by atoms with E-state index < -0.39 is 52.8 Å². The topological polar surface area (TPSA) is 174 Å². The Hall–Kier alpha value is -6.46. The third kappa shape index (κ3) is 12.5. The Kier molecular flexibility index (Phi) is 15.4. The number of ether oxygens (including phenoxy) is 4. The molecule has 66 heavy (non-hydrogen) atoms. The van der Waals surface area contributed by atoms with Crippen molar-refractivity contribution in [2.45, 2.75) is 89.8 Å². The Balaban J connectivity index is 0.00000720. The first-order chi connectivity index (χ1) is 30.9. The zero-order chi connectivity index (χ0) is 46.5. The molecule has 15 nitrogen and oxygen atoms in total.